The zero-order chi connectivity index (χ0) is 12.3. The summed E-state index contributed by atoms with van der Waals surface area (Å²) in [5.41, 5.74) is 0. The van der Waals surface area contributed by atoms with Crippen LogP contribution in [0.3, 0.4) is 0 Å². The van der Waals surface area contributed by atoms with Gasteiger partial charge < -0.3 is 10.2 Å². The van der Waals surface area contributed by atoms with E-state index in [9.17, 15) is 4.79 Å². The third kappa shape index (κ3) is 3.96. The van der Waals surface area contributed by atoms with Gasteiger partial charge in [0.2, 0.25) is 5.91 Å². The molecule has 0 spiro atoms. The van der Waals surface area contributed by atoms with Gasteiger partial charge in [0.25, 0.3) is 0 Å². The molecule has 98 valence electrons. The Morgan fingerprint density at radius 3 is 2.53 bits per heavy atom. The molecule has 1 aliphatic carbocycles. The number of nitrogens with zero attached hydrogens (tertiary/aromatic N) is 2. The van der Waals surface area contributed by atoms with Gasteiger partial charge in [-0.05, 0) is 32.6 Å². The highest BCUT2D eigenvalue weighted by Crippen LogP contribution is 2.30. The van der Waals surface area contributed by atoms with Gasteiger partial charge in [0.05, 0.1) is 6.54 Å². The molecule has 1 saturated carbocycles. The lowest BCUT2D eigenvalue weighted by Crippen LogP contribution is -2.50. The van der Waals surface area contributed by atoms with E-state index in [4.69, 9.17) is 0 Å². The maximum atomic E-state index is 12.3. The standard InChI is InChI=1S/C13H25N3O/c1-11(2)16(9-12-3-4-12)13(17)10-15-7-5-14-6-8-15/h11-12,14H,3-10H2,1-2H3. The van der Waals surface area contributed by atoms with Crippen molar-refractivity contribution in [1.29, 1.82) is 0 Å². The van der Waals surface area contributed by atoms with Crippen molar-refractivity contribution < 1.29 is 4.79 Å². The third-order valence-electron chi connectivity index (χ3n) is 3.66. The van der Waals surface area contributed by atoms with Crippen LogP contribution in [-0.2, 0) is 4.79 Å². The summed E-state index contributed by atoms with van der Waals surface area (Å²) >= 11 is 0. The van der Waals surface area contributed by atoms with Gasteiger partial charge in [0.15, 0.2) is 0 Å². The molecule has 0 radical (unpaired) electrons. The van der Waals surface area contributed by atoms with E-state index in [0.717, 1.165) is 38.6 Å². The normalized spacial score (nSPS) is 21.8. The molecule has 4 heteroatoms. The van der Waals surface area contributed by atoms with E-state index in [1.165, 1.54) is 12.8 Å². The third-order valence-corrected chi connectivity index (χ3v) is 3.66. The van der Waals surface area contributed by atoms with Crippen LogP contribution in [0.15, 0.2) is 0 Å². The molecular weight excluding hydrogens is 214 g/mol. The Labute approximate surface area is 104 Å². The first kappa shape index (κ1) is 12.8. The van der Waals surface area contributed by atoms with Crippen LogP contribution in [0.25, 0.3) is 0 Å². The number of hydrogen-bond acceptors (Lipinski definition) is 3. The summed E-state index contributed by atoms with van der Waals surface area (Å²) in [7, 11) is 0. The monoisotopic (exact) mass is 239 g/mol. The van der Waals surface area contributed by atoms with Crippen LogP contribution < -0.4 is 5.32 Å². The second-order valence-corrected chi connectivity index (χ2v) is 5.61. The topological polar surface area (TPSA) is 35.6 Å². The first-order chi connectivity index (χ1) is 8.16. The lowest BCUT2D eigenvalue weighted by molar-refractivity contribution is -0.134. The molecule has 2 fully saturated rings. The summed E-state index contributed by atoms with van der Waals surface area (Å²) in [6.45, 7) is 9.85. The average Bonchev–Trinajstić information content (AvgIpc) is 3.10. The second-order valence-electron chi connectivity index (χ2n) is 5.61. The number of amides is 1. The van der Waals surface area contributed by atoms with E-state index in [2.05, 4.69) is 29.0 Å². The summed E-state index contributed by atoms with van der Waals surface area (Å²) in [6.07, 6.45) is 2.62. The average molecular weight is 239 g/mol. The number of piperazine rings is 1. The SMILES string of the molecule is CC(C)N(CC1CC1)C(=O)CN1CCNCC1. The summed E-state index contributed by atoms with van der Waals surface area (Å²) in [4.78, 5) is 16.6. The van der Waals surface area contributed by atoms with Crippen molar-refractivity contribution in [2.24, 2.45) is 5.92 Å². The Balaban J connectivity index is 1.81. The summed E-state index contributed by atoms with van der Waals surface area (Å²) in [5, 5.41) is 3.32. The van der Waals surface area contributed by atoms with Crippen LogP contribution in [0.4, 0.5) is 0 Å². The molecule has 2 aliphatic rings. The highest BCUT2D eigenvalue weighted by Gasteiger charge is 2.28. The predicted molar refractivity (Wildman–Crippen MR) is 68.9 cm³/mol. The molecule has 4 nitrogen and oxygen atoms in total. The minimum atomic E-state index is 0.314. The van der Waals surface area contributed by atoms with Gasteiger partial charge in [0, 0.05) is 38.8 Å². The van der Waals surface area contributed by atoms with Crippen LogP contribution >= 0.6 is 0 Å². The lowest BCUT2D eigenvalue weighted by atomic mass is 10.2. The van der Waals surface area contributed by atoms with E-state index in [-0.39, 0.29) is 0 Å². The molecule has 0 aromatic carbocycles. The molecule has 1 N–H and O–H groups in total. The lowest BCUT2D eigenvalue weighted by Gasteiger charge is -2.32. The van der Waals surface area contributed by atoms with Gasteiger partial charge in [-0.1, -0.05) is 0 Å². The highest BCUT2D eigenvalue weighted by molar-refractivity contribution is 5.78. The summed E-state index contributed by atoms with van der Waals surface area (Å²) in [5.74, 6) is 1.10. The van der Waals surface area contributed by atoms with E-state index in [1.807, 2.05) is 0 Å². The van der Waals surface area contributed by atoms with Crippen molar-refractivity contribution in [3.8, 4) is 0 Å². The maximum absolute atomic E-state index is 12.3. The van der Waals surface area contributed by atoms with Crippen LogP contribution in [0, 0.1) is 5.92 Å². The Hall–Kier alpha value is -0.610. The molecule has 1 aliphatic heterocycles. The quantitative estimate of drug-likeness (QED) is 0.760. The Morgan fingerprint density at radius 2 is 2.00 bits per heavy atom. The van der Waals surface area contributed by atoms with E-state index >= 15 is 0 Å². The highest BCUT2D eigenvalue weighted by atomic mass is 16.2. The van der Waals surface area contributed by atoms with E-state index in [1.54, 1.807) is 0 Å². The van der Waals surface area contributed by atoms with Crippen molar-refractivity contribution in [3.63, 3.8) is 0 Å². The fourth-order valence-corrected chi connectivity index (χ4v) is 2.33. The van der Waals surface area contributed by atoms with Gasteiger partial charge in [-0.15, -0.1) is 0 Å². The van der Waals surface area contributed by atoms with Crippen molar-refractivity contribution in [2.45, 2.75) is 32.7 Å². The van der Waals surface area contributed by atoms with E-state index < -0.39 is 0 Å². The van der Waals surface area contributed by atoms with Crippen LogP contribution in [-0.4, -0.2) is 61.0 Å². The zero-order valence-electron chi connectivity index (χ0n) is 11.1. The van der Waals surface area contributed by atoms with Gasteiger partial charge in [0.1, 0.15) is 0 Å². The largest absolute Gasteiger partial charge is 0.339 e. The van der Waals surface area contributed by atoms with Crippen molar-refractivity contribution in [3.05, 3.63) is 0 Å². The number of hydrogen-bond donors (Lipinski definition) is 1. The minimum absolute atomic E-state index is 0.314. The molecule has 0 unspecified atom stereocenters. The molecule has 1 amide bonds. The molecule has 1 heterocycles. The fraction of sp³-hybridized carbons (Fsp3) is 0.923. The second kappa shape index (κ2) is 5.83. The first-order valence-corrected chi connectivity index (χ1v) is 6.89. The summed E-state index contributed by atoms with van der Waals surface area (Å²) < 4.78 is 0. The first-order valence-electron chi connectivity index (χ1n) is 6.89. The molecule has 1 saturated heterocycles. The van der Waals surface area contributed by atoms with E-state index in [0.29, 0.717) is 18.5 Å². The number of carbonyl (C=O) groups excluding carboxylic acids is 1. The van der Waals surface area contributed by atoms with Crippen molar-refractivity contribution in [1.82, 2.24) is 15.1 Å². The Morgan fingerprint density at radius 1 is 1.35 bits per heavy atom. The van der Waals surface area contributed by atoms with Crippen molar-refractivity contribution in [2.75, 3.05) is 39.3 Å². The molecular formula is C13H25N3O. The molecule has 0 aromatic heterocycles. The predicted octanol–water partition coefficient (Wildman–Crippen LogP) is 0.539. The van der Waals surface area contributed by atoms with Crippen molar-refractivity contribution >= 4 is 5.91 Å². The molecule has 0 atom stereocenters. The minimum Gasteiger partial charge on any atom is -0.339 e. The number of carbonyl (C=O) groups is 1. The fourth-order valence-electron chi connectivity index (χ4n) is 2.33. The number of nitrogens with one attached hydrogen (secondary N) is 1. The van der Waals surface area contributed by atoms with Crippen LogP contribution in [0.5, 0.6) is 0 Å². The zero-order valence-corrected chi connectivity index (χ0v) is 11.1. The Kier molecular flexibility index (Phi) is 4.40. The molecule has 17 heavy (non-hydrogen) atoms. The van der Waals surface area contributed by atoms with Gasteiger partial charge in [-0.3, -0.25) is 9.69 Å². The van der Waals surface area contributed by atoms with Gasteiger partial charge in [-0.25, -0.2) is 0 Å². The van der Waals surface area contributed by atoms with Gasteiger partial charge >= 0.3 is 0 Å². The smallest absolute Gasteiger partial charge is 0.236 e. The van der Waals surface area contributed by atoms with Crippen LogP contribution in [0.2, 0.25) is 0 Å². The maximum Gasteiger partial charge on any atom is 0.236 e. The Bertz CT molecular complexity index is 257. The molecule has 0 aromatic rings. The van der Waals surface area contributed by atoms with Gasteiger partial charge in [-0.2, -0.15) is 0 Å². The number of rotatable bonds is 5. The van der Waals surface area contributed by atoms with Crippen LogP contribution in [0.1, 0.15) is 26.7 Å². The molecule has 2 rings (SSSR count). The summed E-state index contributed by atoms with van der Waals surface area (Å²) in [6, 6.07) is 0.339. The molecule has 0 bridgehead atoms.